The molecule has 1 unspecified atom stereocenters. The van der Waals surface area contributed by atoms with Gasteiger partial charge in [-0.15, -0.1) is 0 Å². The van der Waals surface area contributed by atoms with E-state index in [1.807, 2.05) is 12.1 Å². The van der Waals surface area contributed by atoms with Gasteiger partial charge in [0.2, 0.25) is 0 Å². The van der Waals surface area contributed by atoms with E-state index in [1.54, 1.807) is 13.2 Å². The van der Waals surface area contributed by atoms with E-state index in [-0.39, 0.29) is 11.8 Å². The zero-order valence-electron chi connectivity index (χ0n) is 10.9. The van der Waals surface area contributed by atoms with Crippen molar-refractivity contribution in [2.24, 2.45) is 0 Å². The minimum Gasteiger partial charge on any atom is -0.504 e. The molecule has 0 fully saturated rings. The number of phenolic OH excluding ortho intramolecular Hbond substituents is 1. The first kappa shape index (κ1) is 14.0. The van der Waals surface area contributed by atoms with Crippen molar-refractivity contribution in [2.75, 3.05) is 12.4 Å². The Hall–Kier alpha value is -1.43. The number of anilines is 1. The fraction of sp³-hybridized carbons (Fsp3) is 0.200. The molecule has 4 heteroatoms. The maximum Gasteiger partial charge on any atom is 0.160 e. The number of aromatic hydroxyl groups is 1. The molecule has 0 aliphatic carbocycles. The molecule has 1 atom stereocenters. The van der Waals surface area contributed by atoms with Gasteiger partial charge in [-0.05, 0) is 71.5 Å². The number of halogens is 1. The molecule has 2 aromatic rings. The highest BCUT2D eigenvalue weighted by Crippen LogP contribution is 2.30. The van der Waals surface area contributed by atoms with Gasteiger partial charge < -0.3 is 15.2 Å². The van der Waals surface area contributed by atoms with Gasteiger partial charge in [-0.25, -0.2) is 0 Å². The second-order valence-electron chi connectivity index (χ2n) is 4.30. The Morgan fingerprint density at radius 3 is 2.47 bits per heavy atom. The van der Waals surface area contributed by atoms with Gasteiger partial charge in [-0.3, -0.25) is 0 Å². The van der Waals surface area contributed by atoms with Gasteiger partial charge in [0.1, 0.15) is 0 Å². The third-order valence-electron chi connectivity index (χ3n) is 2.93. The van der Waals surface area contributed by atoms with Crippen molar-refractivity contribution in [1.29, 1.82) is 0 Å². The molecule has 0 saturated heterocycles. The molecule has 0 radical (unpaired) electrons. The lowest BCUT2D eigenvalue weighted by molar-refractivity contribution is 0.373. The first-order valence-corrected chi connectivity index (χ1v) is 7.07. The highest BCUT2D eigenvalue weighted by Gasteiger charge is 2.09. The van der Waals surface area contributed by atoms with Crippen LogP contribution in [0.3, 0.4) is 0 Å². The van der Waals surface area contributed by atoms with E-state index in [0.29, 0.717) is 5.75 Å². The summed E-state index contributed by atoms with van der Waals surface area (Å²) in [6.07, 6.45) is 0. The fourth-order valence-corrected chi connectivity index (χ4v) is 2.20. The average molecular weight is 369 g/mol. The van der Waals surface area contributed by atoms with E-state index in [1.165, 1.54) is 3.57 Å². The monoisotopic (exact) mass is 369 g/mol. The Balaban J connectivity index is 2.15. The van der Waals surface area contributed by atoms with E-state index in [9.17, 15) is 5.11 Å². The molecule has 2 N–H and O–H groups in total. The second kappa shape index (κ2) is 6.14. The molecule has 2 rings (SSSR count). The van der Waals surface area contributed by atoms with Gasteiger partial charge in [-0.1, -0.05) is 6.07 Å². The van der Waals surface area contributed by atoms with Crippen LogP contribution in [0, 0.1) is 3.57 Å². The summed E-state index contributed by atoms with van der Waals surface area (Å²) in [6, 6.07) is 13.8. The summed E-state index contributed by atoms with van der Waals surface area (Å²) < 4.78 is 6.33. The highest BCUT2D eigenvalue weighted by atomic mass is 127. The van der Waals surface area contributed by atoms with Crippen LogP contribution in [0.15, 0.2) is 42.5 Å². The highest BCUT2D eigenvalue weighted by molar-refractivity contribution is 14.1. The van der Waals surface area contributed by atoms with Crippen LogP contribution in [-0.2, 0) is 0 Å². The average Bonchev–Trinajstić information content (AvgIpc) is 2.42. The Bertz CT molecular complexity index is 555. The lowest BCUT2D eigenvalue weighted by Gasteiger charge is -2.17. The molecule has 3 nitrogen and oxygen atoms in total. The molecule has 0 saturated carbocycles. The normalized spacial score (nSPS) is 11.9. The number of nitrogens with one attached hydrogen (secondary N) is 1. The van der Waals surface area contributed by atoms with Gasteiger partial charge in [0, 0.05) is 15.3 Å². The van der Waals surface area contributed by atoms with Crippen LogP contribution < -0.4 is 10.1 Å². The fourth-order valence-electron chi connectivity index (χ4n) is 1.84. The minimum absolute atomic E-state index is 0.134. The van der Waals surface area contributed by atoms with Crippen molar-refractivity contribution >= 4 is 28.3 Å². The first-order chi connectivity index (χ1) is 9.10. The summed E-state index contributed by atoms with van der Waals surface area (Å²) in [5, 5.41) is 13.0. The van der Waals surface area contributed by atoms with E-state index in [2.05, 4.69) is 59.1 Å². The standard InChI is InChI=1S/C15H16INO2/c1-10(17-13-6-4-12(16)5-7-13)11-3-8-14(18)15(9-11)19-2/h3-10,17-18H,1-2H3. The summed E-state index contributed by atoms with van der Waals surface area (Å²) in [5.41, 5.74) is 2.13. The largest absolute Gasteiger partial charge is 0.504 e. The Morgan fingerprint density at radius 1 is 1.16 bits per heavy atom. The van der Waals surface area contributed by atoms with Crippen LogP contribution in [0.2, 0.25) is 0 Å². The predicted molar refractivity (Wildman–Crippen MR) is 85.9 cm³/mol. The number of rotatable bonds is 4. The molecular weight excluding hydrogens is 353 g/mol. The Kier molecular flexibility index (Phi) is 4.52. The third-order valence-corrected chi connectivity index (χ3v) is 3.65. The third kappa shape index (κ3) is 3.53. The van der Waals surface area contributed by atoms with Crippen molar-refractivity contribution in [3.8, 4) is 11.5 Å². The number of phenols is 1. The van der Waals surface area contributed by atoms with Crippen molar-refractivity contribution in [3.05, 3.63) is 51.6 Å². The SMILES string of the molecule is COc1cc(C(C)Nc2ccc(I)cc2)ccc1O. The number of methoxy groups -OCH3 is 1. The van der Waals surface area contributed by atoms with Gasteiger partial charge in [0.25, 0.3) is 0 Å². The van der Waals surface area contributed by atoms with Crippen molar-refractivity contribution < 1.29 is 9.84 Å². The van der Waals surface area contributed by atoms with Crippen LogP contribution in [0.4, 0.5) is 5.69 Å². The molecular formula is C15H16INO2. The number of hydrogen-bond donors (Lipinski definition) is 2. The molecule has 0 aliphatic rings. The van der Waals surface area contributed by atoms with E-state index < -0.39 is 0 Å². The molecule has 19 heavy (non-hydrogen) atoms. The van der Waals surface area contributed by atoms with Crippen LogP contribution >= 0.6 is 22.6 Å². The summed E-state index contributed by atoms with van der Waals surface area (Å²) in [5.74, 6) is 0.654. The molecule has 0 spiro atoms. The van der Waals surface area contributed by atoms with Crippen molar-refractivity contribution in [3.63, 3.8) is 0 Å². The van der Waals surface area contributed by atoms with Crippen LogP contribution in [0.25, 0.3) is 0 Å². The van der Waals surface area contributed by atoms with Crippen LogP contribution in [0.5, 0.6) is 11.5 Å². The summed E-state index contributed by atoms with van der Waals surface area (Å²) in [4.78, 5) is 0. The van der Waals surface area contributed by atoms with Gasteiger partial charge in [0.15, 0.2) is 11.5 Å². The number of ether oxygens (including phenoxy) is 1. The maximum atomic E-state index is 9.59. The summed E-state index contributed by atoms with van der Waals surface area (Å²) in [7, 11) is 1.55. The van der Waals surface area contributed by atoms with Gasteiger partial charge >= 0.3 is 0 Å². The zero-order valence-corrected chi connectivity index (χ0v) is 13.0. The maximum absolute atomic E-state index is 9.59. The van der Waals surface area contributed by atoms with Crippen LogP contribution in [-0.4, -0.2) is 12.2 Å². The zero-order chi connectivity index (χ0) is 13.8. The summed E-state index contributed by atoms with van der Waals surface area (Å²) >= 11 is 2.28. The molecule has 2 aromatic carbocycles. The molecule has 0 amide bonds. The lowest BCUT2D eigenvalue weighted by Crippen LogP contribution is -2.06. The quantitative estimate of drug-likeness (QED) is 0.795. The molecule has 0 aliphatic heterocycles. The van der Waals surface area contributed by atoms with Crippen molar-refractivity contribution in [2.45, 2.75) is 13.0 Å². The Morgan fingerprint density at radius 2 is 1.84 bits per heavy atom. The van der Waals surface area contributed by atoms with Gasteiger partial charge in [0.05, 0.1) is 7.11 Å². The van der Waals surface area contributed by atoms with E-state index in [0.717, 1.165) is 11.3 Å². The molecule has 0 bridgehead atoms. The lowest BCUT2D eigenvalue weighted by atomic mass is 10.1. The minimum atomic E-state index is 0.134. The predicted octanol–water partition coefficient (Wildman–Crippen LogP) is 4.18. The topological polar surface area (TPSA) is 41.5 Å². The molecule has 0 heterocycles. The van der Waals surface area contributed by atoms with Gasteiger partial charge in [-0.2, -0.15) is 0 Å². The van der Waals surface area contributed by atoms with Crippen molar-refractivity contribution in [1.82, 2.24) is 0 Å². The van der Waals surface area contributed by atoms with E-state index in [4.69, 9.17) is 4.74 Å². The second-order valence-corrected chi connectivity index (χ2v) is 5.55. The number of benzene rings is 2. The molecule has 100 valence electrons. The van der Waals surface area contributed by atoms with E-state index >= 15 is 0 Å². The smallest absolute Gasteiger partial charge is 0.160 e. The first-order valence-electron chi connectivity index (χ1n) is 5.99. The molecule has 0 aromatic heterocycles. The van der Waals surface area contributed by atoms with Crippen LogP contribution in [0.1, 0.15) is 18.5 Å². The Labute approximate surface area is 126 Å². The summed E-state index contributed by atoms with van der Waals surface area (Å²) in [6.45, 7) is 2.07. The number of hydrogen-bond acceptors (Lipinski definition) is 3.